The van der Waals surface area contributed by atoms with E-state index in [9.17, 15) is 9.59 Å². The molecule has 1 aliphatic rings. The molecule has 2 rings (SSSR count). The summed E-state index contributed by atoms with van der Waals surface area (Å²) in [4.78, 5) is 28.7. The predicted molar refractivity (Wildman–Crippen MR) is 72.0 cm³/mol. The van der Waals surface area contributed by atoms with Crippen molar-refractivity contribution in [3.05, 3.63) is 10.6 Å². The zero-order valence-corrected chi connectivity index (χ0v) is 12.0. The number of ketones is 1. The average molecular weight is 266 g/mol. The van der Waals surface area contributed by atoms with Crippen LogP contribution in [-0.4, -0.2) is 16.7 Å². The second kappa shape index (κ2) is 4.46. The fourth-order valence-corrected chi connectivity index (χ4v) is 2.95. The number of amides is 1. The second-order valence-electron chi connectivity index (χ2n) is 5.88. The van der Waals surface area contributed by atoms with Gasteiger partial charge in [0.15, 0.2) is 10.9 Å². The van der Waals surface area contributed by atoms with Crippen molar-refractivity contribution in [2.45, 2.75) is 40.5 Å². The summed E-state index contributed by atoms with van der Waals surface area (Å²) in [5.41, 5.74) is 0.803. The van der Waals surface area contributed by atoms with E-state index in [1.54, 1.807) is 0 Å². The van der Waals surface area contributed by atoms with E-state index in [4.69, 9.17) is 0 Å². The quantitative estimate of drug-likeness (QED) is 0.895. The van der Waals surface area contributed by atoms with E-state index in [1.165, 1.54) is 11.3 Å². The highest BCUT2D eigenvalue weighted by Gasteiger charge is 2.34. The third-order valence-electron chi connectivity index (χ3n) is 2.99. The average Bonchev–Trinajstić information content (AvgIpc) is 2.58. The lowest BCUT2D eigenvalue weighted by atomic mass is 9.78. The van der Waals surface area contributed by atoms with E-state index in [0.717, 1.165) is 12.1 Å². The number of carbonyl (C=O) groups is 2. The predicted octanol–water partition coefficient (Wildman–Crippen LogP) is 2.89. The molecule has 98 valence electrons. The lowest BCUT2D eigenvalue weighted by Gasteiger charge is -2.26. The van der Waals surface area contributed by atoms with E-state index in [0.29, 0.717) is 16.4 Å². The van der Waals surface area contributed by atoms with Gasteiger partial charge in [0.05, 0.1) is 10.6 Å². The molecule has 18 heavy (non-hydrogen) atoms. The Morgan fingerprint density at radius 1 is 1.39 bits per heavy atom. The van der Waals surface area contributed by atoms with Gasteiger partial charge < -0.3 is 5.32 Å². The number of hydrogen-bond donors (Lipinski definition) is 1. The van der Waals surface area contributed by atoms with Crippen molar-refractivity contribution in [2.75, 3.05) is 5.32 Å². The topological polar surface area (TPSA) is 59.1 Å². The van der Waals surface area contributed by atoms with Gasteiger partial charge in [-0.25, -0.2) is 4.98 Å². The van der Waals surface area contributed by atoms with Crippen LogP contribution >= 0.6 is 11.3 Å². The Hall–Kier alpha value is -1.23. The molecule has 1 aromatic rings. The minimum Gasteiger partial charge on any atom is -0.302 e. The summed E-state index contributed by atoms with van der Waals surface area (Å²) in [6.07, 6.45) is 1.35. The maximum Gasteiger partial charge on any atom is 0.228 e. The maximum absolute atomic E-state index is 12.0. The molecule has 4 nitrogen and oxygen atoms in total. The Morgan fingerprint density at radius 3 is 2.67 bits per heavy atom. The molecule has 0 saturated carbocycles. The standard InChI is InChI=1S/C13H18N2O2S/c1-7(2)11(17)15-12-14-8-5-13(3,4)6-9(16)10(8)18-12/h7H,5-6H2,1-4H3,(H,14,15,17). The first-order chi connectivity index (χ1) is 8.28. The molecule has 0 aromatic carbocycles. The van der Waals surface area contributed by atoms with Gasteiger partial charge in [-0.05, 0) is 11.8 Å². The minimum atomic E-state index is -0.0851. The molecule has 0 saturated heterocycles. The van der Waals surface area contributed by atoms with E-state index >= 15 is 0 Å². The summed E-state index contributed by atoms with van der Waals surface area (Å²) in [6, 6.07) is 0. The molecule has 0 fully saturated rings. The smallest absolute Gasteiger partial charge is 0.228 e. The zero-order valence-electron chi connectivity index (χ0n) is 11.2. The van der Waals surface area contributed by atoms with Gasteiger partial charge in [0.2, 0.25) is 5.91 Å². The molecule has 1 aliphatic carbocycles. The molecule has 5 heteroatoms. The van der Waals surface area contributed by atoms with Gasteiger partial charge in [0.1, 0.15) is 0 Å². The zero-order chi connectivity index (χ0) is 13.5. The highest BCUT2D eigenvalue weighted by atomic mass is 32.1. The van der Waals surface area contributed by atoms with Crippen molar-refractivity contribution in [3.8, 4) is 0 Å². The van der Waals surface area contributed by atoms with Crippen molar-refractivity contribution in [1.82, 2.24) is 4.98 Å². The summed E-state index contributed by atoms with van der Waals surface area (Å²) in [5, 5.41) is 3.31. The van der Waals surface area contributed by atoms with Gasteiger partial charge in [-0.1, -0.05) is 39.0 Å². The van der Waals surface area contributed by atoms with Gasteiger partial charge >= 0.3 is 0 Å². The molecule has 0 unspecified atom stereocenters. The number of thiazole rings is 1. The van der Waals surface area contributed by atoms with Crippen molar-refractivity contribution in [1.29, 1.82) is 0 Å². The van der Waals surface area contributed by atoms with Gasteiger partial charge in [0.25, 0.3) is 0 Å². The third kappa shape index (κ3) is 2.61. The van der Waals surface area contributed by atoms with Gasteiger partial charge in [-0.15, -0.1) is 0 Å². The van der Waals surface area contributed by atoms with Crippen molar-refractivity contribution >= 4 is 28.2 Å². The van der Waals surface area contributed by atoms with Gasteiger partial charge in [-0.2, -0.15) is 0 Å². The number of fused-ring (bicyclic) bond motifs is 1. The molecule has 0 aliphatic heterocycles. The molecule has 0 spiro atoms. The summed E-state index contributed by atoms with van der Waals surface area (Å²) >= 11 is 1.30. The Morgan fingerprint density at radius 2 is 2.06 bits per heavy atom. The molecular weight excluding hydrogens is 248 g/mol. The number of carbonyl (C=O) groups excluding carboxylic acids is 2. The van der Waals surface area contributed by atoms with Crippen LogP contribution in [0.4, 0.5) is 5.13 Å². The molecule has 1 amide bonds. The first-order valence-corrected chi connectivity index (χ1v) is 6.94. The van der Waals surface area contributed by atoms with Crippen LogP contribution in [0.5, 0.6) is 0 Å². The van der Waals surface area contributed by atoms with Gasteiger partial charge in [-0.3, -0.25) is 9.59 Å². The molecular formula is C13H18N2O2S. The number of hydrogen-bond acceptors (Lipinski definition) is 4. The third-order valence-corrected chi connectivity index (χ3v) is 4.04. The molecule has 1 aromatic heterocycles. The lowest BCUT2D eigenvalue weighted by Crippen LogP contribution is -2.26. The van der Waals surface area contributed by atoms with Crippen LogP contribution in [0, 0.1) is 11.3 Å². The van der Waals surface area contributed by atoms with Crippen molar-refractivity contribution < 1.29 is 9.59 Å². The van der Waals surface area contributed by atoms with Crippen LogP contribution in [0.3, 0.4) is 0 Å². The number of Topliss-reactive ketones (excluding diaryl/α,β-unsaturated/α-hetero) is 1. The van der Waals surface area contributed by atoms with Crippen LogP contribution in [-0.2, 0) is 11.2 Å². The molecule has 0 bridgehead atoms. The number of nitrogens with zero attached hydrogens (tertiary/aromatic N) is 1. The Labute approximate surface area is 111 Å². The van der Waals surface area contributed by atoms with Crippen molar-refractivity contribution in [2.24, 2.45) is 11.3 Å². The lowest BCUT2D eigenvalue weighted by molar-refractivity contribution is -0.118. The van der Waals surface area contributed by atoms with E-state index in [1.807, 2.05) is 13.8 Å². The molecule has 1 heterocycles. The van der Waals surface area contributed by atoms with Crippen molar-refractivity contribution in [3.63, 3.8) is 0 Å². The number of anilines is 1. The number of aromatic nitrogens is 1. The van der Waals surface area contributed by atoms with Crippen LogP contribution in [0.1, 0.15) is 49.5 Å². The maximum atomic E-state index is 12.0. The summed E-state index contributed by atoms with van der Waals surface area (Å²) < 4.78 is 0. The highest BCUT2D eigenvalue weighted by Crippen LogP contribution is 2.38. The van der Waals surface area contributed by atoms with Gasteiger partial charge in [0, 0.05) is 12.3 Å². The monoisotopic (exact) mass is 266 g/mol. The molecule has 0 radical (unpaired) electrons. The first kappa shape index (κ1) is 13.2. The second-order valence-corrected chi connectivity index (χ2v) is 6.88. The Balaban J connectivity index is 2.24. The van der Waals surface area contributed by atoms with E-state index < -0.39 is 0 Å². The summed E-state index contributed by atoms with van der Waals surface area (Å²) in [5.74, 6) is -0.00493. The van der Waals surface area contributed by atoms with Crippen LogP contribution in [0.15, 0.2) is 0 Å². The van der Waals surface area contributed by atoms with Crippen LogP contribution in [0.25, 0.3) is 0 Å². The van der Waals surface area contributed by atoms with E-state index in [2.05, 4.69) is 24.1 Å². The minimum absolute atomic E-state index is 0.0303. The Kier molecular flexibility index (Phi) is 3.27. The SMILES string of the molecule is CC(C)C(=O)Nc1nc2c(s1)C(=O)CC(C)(C)C2. The summed E-state index contributed by atoms with van der Waals surface area (Å²) in [6.45, 7) is 7.80. The first-order valence-electron chi connectivity index (χ1n) is 6.12. The largest absolute Gasteiger partial charge is 0.302 e. The fourth-order valence-electron chi connectivity index (χ4n) is 2.02. The van der Waals surface area contributed by atoms with Crippen LogP contribution < -0.4 is 5.32 Å². The highest BCUT2D eigenvalue weighted by molar-refractivity contribution is 7.17. The number of rotatable bonds is 2. The normalized spacial score (nSPS) is 17.7. The van der Waals surface area contributed by atoms with Crippen LogP contribution in [0.2, 0.25) is 0 Å². The number of nitrogens with one attached hydrogen (secondary N) is 1. The summed E-state index contributed by atoms with van der Waals surface area (Å²) in [7, 11) is 0. The Bertz CT molecular complexity index is 503. The molecule has 1 N–H and O–H groups in total. The van der Waals surface area contributed by atoms with E-state index in [-0.39, 0.29) is 23.0 Å². The fraction of sp³-hybridized carbons (Fsp3) is 0.615. The molecule has 0 atom stereocenters.